The van der Waals surface area contributed by atoms with E-state index in [-0.39, 0.29) is 5.91 Å². The van der Waals surface area contributed by atoms with Crippen LogP contribution in [-0.4, -0.2) is 5.91 Å². The molecule has 0 spiro atoms. The van der Waals surface area contributed by atoms with E-state index in [2.05, 4.69) is 6.92 Å². The molecule has 0 aromatic heterocycles. The van der Waals surface area contributed by atoms with Gasteiger partial charge in [-0.1, -0.05) is 19.1 Å². The van der Waals surface area contributed by atoms with Crippen LogP contribution in [0.15, 0.2) is 24.3 Å². The average molecular weight is 198 g/mol. The SMILES string of the molecule is CCc1ccc(N(Cl)C(C)=O)cc1. The number of nitrogens with zero attached hydrogens (tertiary/aromatic N) is 1. The van der Waals surface area contributed by atoms with Crippen molar-refractivity contribution in [1.82, 2.24) is 0 Å². The Morgan fingerprint density at radius 1 is 1.38 bits per heavy atom. The highest BCUT2D eigenvalue weighted by Crippen LogP contribution is 2.17. The van der Waals surface area contributed by atoms with E-state index in [1.807, 2.05) is 24.3 Å². The third-order valence-electron chi connectivity index (χ3n) is 1.85. The molecule has 0 bridgehead atoms. The zero-order valence-corrected chi connectivity index (χ0v) is 8.51. The van der Waals surface area contributed by atoms with E-state index in [0.29, 0.717) is 5.69 Å². The van der Waals surface area contributed by atoms with Crippen LogP contribution in [0.1, 0.15) is 19.4 Å². The molecule has 0 heterocycles. The molecule has 0 radical (unpaired) electrons. The smallest absolute Gasteiger partial charge is 0.238 e. The van der Waals surface area contributed by atoms with Crippen LogP contribution in [0.2, 0.25) is 0 Å². The molecule has 0 unspecified atom stereocenters. The lowest BCUT2D eigenvalue weighted by Gasteiger charge is -2.11. The molecule has 1 amide bonds. The minimum atomic E-state index is -0.175. The zero-order valence-electron chi connectivity index (χ0n) is 7.75. The Hall–Kier alpha value is -1.02. The number of hydrogen-bond acceptors (Lipinski definition) is 1. The van der Waals surface area contributed by atoms with Gasteiger partial charge in [0.1, 0.15) is 0 Å². The van der Waals surface area contributed by atoms with Crippen molar-refractivity contribution in [2.45, 2.75) is 20.3 Å². The predicted octanol–water partition coefficient (Wildman–Crippen LogP) is 2.76. The second kappa shape index (κ2) is 4.28. The zero-order chi connectivity index (χ0) is 9.84. The van der Waals surface area contributed by atoms with Crippen molar-refractivity contribution in [3.8, 4) is 0 Å². The van der Waals surface area contributed by atoms with Crippen LogP contribution in [0.5, 0.6) is 0 Å². The molecule has 0 fully saturated rings. The van der Waals surface area contributed by atoms with Crippen molar-refractivity contribution < 1.29 is 4.79 Å². The van der Waals surface area contributed by atoms with Gasteiger partial charge < -0.3 is 0 Å². The summed E-state index contributed by atoms with van der Waals surface area (Å²) in [5, 5.41) is 0. The maximum atomic E-state index is 10.9. The second-order valence-corrected chi connectivity index (χ2v) is 3.16. The summed E-state index contributed by atoms with van der Waals surface area (Å²) < 4.78 is 1.11. The van der Waals surface area contributed by atoms with Gasteiger partial charge in [0, 0.05) is 18.7 Å². The molecular formula is C10H12ClNO. The molecular weight excluding hydrogens is 186 g/mol. The molecule has 70 valence electrons. The van der Waals surface area contributed by atoms with E-state index in [4.69, 9.17) is 11.8 Å². The van der Waals surface area contributed by atoms with Crippen LogP contribution in [-0.2, 0) is 11.2 Å². The number of rotatable bonds is 2. The maximum Gasteiger partial charge on any atom is 0.238 e. The van der Waals surface area contributed by atoms with Crippen LogP contribution in [0.4, 0.5) is 5.69 Å². The molecule has 0 aliphatic rings. The monoisotopic (exact) mass is 197 g/mol. The minimum Gasteiger partial charge on any atom is -0.274 e. The van der Waals surface area contributed by atoms with Crippen LogP contribution >= 0.6 is 11.8 Å². The number of hydrogen-bond donors (Lipinski definition) is 0. The Bertz CT molecular complexity index is 294. The molecule has 0 saturated carbocycles. The van der Waals surface area contributed by atoms with Crippen molar-refractivity contribution in [3.63, 3.8) is 0 Å². The largest absolute Gasteiger partial charge is 0.274 e. The number of amides is 1. The van der Waals surface area contributed by atoms with Gasteiger partial charge in [-0.25, -0.2) is 4.42 Å². The van der Waals surface area contributed by atoms with Crippen molar-refractivity contribution in [2.24, 2.45) is 0 Å². The fourth-order valence-electron chi connectivity index (χ4n) is 1.04. The van der Waals surface area contributed by atoms with Gasteiger partial charge in [-0.2, -0.15) is 0 Å². The van der Waals surface area contributed by atoms with E-state index >= 15 is 0 Å². The van der Waals surface area contributed by atoms with Crippen LogP contribution in [0.3, 0.4) is 0 Å². The van der Waals surface area contributed by atoms with E-state index in [1.54, 1.807) is 0 Å². The van der Waals surface area contributed by atoms with Crippen molar-refractivity contribution in [2.75, 3.05) is 4.42 Å². The summed E-state index contributed by atoms with van der Waals surface area (Å²) in [7, 11) is 0. The van der Waals surface area contributed by atoms with Gasteiger partial charge in [0.2, 0.25) is 5.91 Å². The van der Waals surface area contributed by atoms with Gasteiger partial charge in [0.25, 0.3) is 0 Å². The molecule has 1 rings (SSSR count). The molecule has 13 heavy (non-hydrogen) atoms. The van der Waals surface area contributed by atoms with Crippen molar-refractivity contribution in [3.05, 3.63) is 29.8 Å². The second-order valence-electron chi connectivity index (χ2n) is 2.82. The lowest BCUT2D eigenvalue weighted by molar-refractivity contribution is -0.115. The number of aryl methyl sites for hydroxylation is 1. The predicted molar refractivity (Wildman–Crippen MR) is 54.8 cm³/mol. The standard InChI is InChI=1S/C10H12ClNO/c1-3-9-4-6-10(7-5-9)12(11)8(2)13/h4-7H,3H2,1-2H3. The Morgan fingerprint density at radius 3 is 2.31 bits per heavy atom. The Kier molecular flexibility index (Phi) is 3.32. The third kappa shape index (κ3) is 2.46. The first-order valence-corrected chi connectivity index (χ1v) is 4.54. The molecule has 0 N–H and O–H groups in total. The number of halogens is 1. The first-order valence-electron chi connectivity index (χ1n) is 4.20. The fraction of sp³-hybridized carbons (Fsp3) is 0.300. The van der Waals surface area contributed by atoms with Gasteiger partial charge in [-0.15, -0.1) is 0 Å². The van der Waals surface area contributed by atoms with Crippen LogP contribution < -0.4 is 4.42 Å². The summed E-state index contributed by atoms with van der Waals surface area (Å²) in [5.74, 6) is -0.175. The van der Waals surface area contributed by atoms with Gasteiger partial charge in [-0.05, 0) is 24.1 Å². The minimum absolute atomic E-state index is 0.175. The first-order chi connectivity index (χ1) is 6.15. The van der Waals surface area contributed by atoms with E-state index in [9.17, 15) is 4.79 Å². The Balaban J connectivity index is 2.85. The van der Waals surface area contributed by atoms with Gasteiger partial charge >= 0.3 is 0 Å². The number of benzene rings is 1. The first kappa shape index (κ1) is 10.1. The lowest BCUT2D eigenvalue weighted by Crippen LogP contribution is -2.16. The topological polar surface area (TPSA) is 20.3 Å². The van der Waals surface area contributed by atoms with Crippen molar-refractivity contribution >= 4 is 23.4 Å². The summed E-state index contributed by atoms with van der Waals surface area (Å²) in [6.45, 7) is 3.51. The molecule has 1 aromatic rings. The number of carbonyl (C=O) groups excluding carboxylic acids is 1. The van der Waals surface area contributed by atoms with Gasteiger partial charge in [-0.3, -0.25) is 4.79 Å². The van der Waals surface area contributed by atoms with E-state index in [0.717, 1.165) is 10.8 Å². The summed E-state index contributed by atoms with van der Waals surface area (Å²) in [4.78, 5) is 10.9. The molecule has 0 atom stereocenters. The van der Waals surface area contributed by atoms with E-state index in [1.165, 1.54) is 12.5 Å². The number of carbonyl (C=O) groups is 1. The molecule has 0 saturated heterocycles. The van der Waals surface area contributed by atoms with E-state index < -0.39 is 0 Å². The van der Waals surface area contributed by atoms with Gasteiger partial charge in [0.15, 0.2) is 0 Å². The normalized spacial score (nSPS) is 9.77. The Morgan fingerprint density at radius 2 is 1.92 bits per heavy atom. The van der Waals surface area contributed by atoms with Crippen LogP contribution in [0.25, 0.3) is 0 Å². The van der Waals surface area contributed by atoms with Gasteiger partial charge in [0.05, 0.1) is 5.69 Å². The summed E-state index contributed by atoms with van der Waals surface area (Å²) in [6, 6.07) is 7.61. The quantitative estimate of drug-likeness (QED) is 0.668. The summed E-state index contributed by atoms with van der Waals surface area (Å²) >= 11 is 5.72. The molecule has 0 aliphatic heterocycles. The third-order valence-corrected chi connectivity index (χ3v) is 2.28. The number of anilines is 1. The molecule has 3 heteroatoms. The highest BCUT2D eigenvalue weighted by Gasteiger charge is 2.06. The lowest BCUT2D eigenvalue weighted by atomic mass is 10.1. The molecule has 0 aliphatic carbocycles. The average Bonchev–Trinajstić information content (AvgIpc) is 2.17. The summed E-state index contributed by atoms with van der Waals surface area (Å²) in [6.07, 6.45) is 0.989. The molecule has 2 nitrogen and oxygen atoms in total. The maximum absolute atomic E-state index is 10.9. The highest BCUT2D eigenvalue weighted by molar-refractivity contribution is 6.36. The molecule has 1 aromatic carbocycles. The highest BCUT2D eigenvalue weighted by atomic mass is 35.5. The van der Waals surface area contributed by atoms with Crippen molar-refractivity contribution in [1.29, 1.82) is 0 Å². The fourth-order valence-corrected chi connectivity index (χ4v) is 1.16. The Labute approximate surface area is 83.2 Å². The summed E-state index contributed by atoms with van der Waals surface area (Å²) in [5.41, 5.74) is 1.95. The van der Waals surface area contributed by atoms with Crippen LogP contribution in [0, 0.1) is 0 Å².